The van der Waals surface area contributed by atoms with E-state index < -0.39 is 0 Å². The Hall–Kier alpha value is -4.27. The average Bonchev–Trinajstić information content (AvgIpc) is 3.44. The predicted molar refractivity (Wildman–Crippen MR) is 113 cm³/mol. The third-order valence-corrected chi connectivity index (χ3v) is 5.01. The minimum absolute atomic E-state index is 0.112. The summed E-state index contributed by atoms with van der Waals surface area (Å²) in [5.41, 5.74) is 2.95. The molecule has 5 rings (SSSR count). The number of nitrogens with zero attached hydrogens (tertiary/aromatic N) is 6. The molecule has 9 nitrogen and oxygen atoms in total. The standard InChI is InChI=1S/C22H18N6O3/c1-14-5-3-4-6-18(14)28-20-17(11-24-28)22(29)27(13-23-20)12-19-25-26-21(31-19)15-7-9-16(30-2)10-8-15/h3-11,13H,12H2,1-2H3. The summed E-state index contributed by atoms with van der Waals surface area (Å²) in [6.45, 7) is 2.10. The molecule has 0 aliphatic rings. The van der Waals surface area contributed by atoms with E-state index in [-0.39, 0.29) is 12.1 Å². The maximum absolute atomic E-state index is 13.0. The third-order valence-electron chi connectivity index (χ3n) is 5.01. The second-order valence-corrected chi connectivity index (χ2v) is 6.99. The van der Waals surface area contributed by atoms with Gasteiger partial charge in [-0.05, 0) is 42.8 Å². The SMILES string of the molecule is COc1ccc(-c2nnc(Cn3cnc4c(cnn4-c4ccccc4C)c3=O)o2)cc1. The van der Waals surface area contributed by atoms with Crippen LogP contribution in [-0.4, -0.2) is 36.6 Å². The van der Waals surface area contributed by atoms with Crippen molar-refractivity contribution in [1.29, 1.82) is 0 Å². The highest BCUT2D eigenvalue weighted by atomic mass is 16.5. The second kappa shape index (κ2) is 7.52. The number of benzene rings is 2. The fraction of sp³-hybridized carbons (Fsp3) is 0.136. The van der Waals surface area contributed by atoms with Crippen LogP contribution in [0.4, 0.5) is 0 Å². The van der Waals surface area contributed by atoms with Crippen LogP contribution in [0.25, 0.3) is 28.2 Å². The van der Waals surface area contributed by atoms with Crippen molar-refractivity contribution in [3.05, 3.63) is 82.9 Å². The van der Waals surface area contributed by atoms with Gasteiger partial charge in [-0.3, -0.25) is 9.36 Å². The molecule has 0 aliphatic heterocycles. The van der Waals surface area contributed by atoms with Gasteiger partial charge in [-0.2, -0.15) is 5.10 Å². The Labute approximate surface area is 176 Å². The lowest BCUT2D eigenvalue weighted by Gasteiger charge is -2.07. The first kappa shape index (κ1) is 18.7. The molecule has 0 bridgehead atoms. The van der Waals surface area contributed by atoms with Gasteiger partial charge in [-0.25, -0.2) is 9.67 Å². The lowest BCUT2D eigenvalue weighted by atomic mass is 10.2. The van der Waals surface area contributed by atoms with Gasteiger partial charge in [0, 0.05) is 5.56 Å². The highest BCUT2D eigenvalue weighted by Crippen LogP contribution is 2.21. The van der Waals surface area contributed by atoms with Gasteiger partial charge in [0.05, 0.1) is 19.0 Å². The molecule has 0 N–H and O–H groups in total. The molecule has 0 fully saturated rings. The van der Waals surface area contributed by atoms with Crippen LogP contribution in [0, 0.1) is 6.92 Å². The lowest BCUT2D eigenvalue weighted by molar-refractivity contribution is 0.415. The average molecular weight is 414 g/mol. The largest absolute Gasteiger partial charge is 0.497 e. The van der Waals surface area contributed by atoms with Crippen molar-refractivity contribution >= 4 is 11.0 Å². The van der Waals surface area contributed by atoms with E-state index in [9.17, 15) is 4.79 Å². The van der Waals surface area contributed by atoms with E-state index in [0.717, 1.165) is 22.6 Å². The normalized spacial score (nSPS) is 11.2. The summed E-state index contributed by atoms with van der Waals surface area (Å²) in [4.78, 5) is 17.4. The molecular weight excluding hydrogens is 396 g/mol. The summed E-state index contributed by atoms with van der Waals surface area (Å²) in [5.74, 6) is 1.41. The summed E-state index contributed by atoms with van der Waals surface area (Å²) in [5, 5.41) is 12.9. The summed E-state index contributed by atoms with van der Waals surface area (Å²) < 4.78 is 14.0. The van der Waals surface area contributed by atoms with Crippen LogP contribution in [0.5, 0.6) is 5.75 Å². The summed E-state index contributed by atoms with van der Waals surface area (Å²) in [7, 11) is 1.60. The maximum atomic E-state index is 13.0. The highest BCUT2D eigenvalue weighted by Gasteiger charge is 2.15. The van der Waals surface area contributed by atoms with E-state index in [1.807, 2.05) is 55.5 Å². The Bertz CT molecular complexity index is 1430. The van der Waals surface area contributed by atoms with Crippen molar-refractivity contribution in [3.8, 4) is 22.9 Å². The molecule has 0 saturated heterocycles. The molecule has 0 aliphatic carbocycles. The van der Waals surface area contributed by atoms with Crippen LogP contribution in [0.15, 0.2) is 70.3 Å². The van der Waals surface area contributed by atoms with E-state index in [0.29, 0.717) is 22.8 Å². The molecule has 0 atom stereocenters. The molecule has 3 aromatic heterocycles. The Balaban J connectivity index is 1.45. The minimum Gasteiger partial charge on any atom is -0.497 e. The van der Waals surface area contributed by atoms with Gasteiger partial charge in [-0.15, -0.1) is 10.2 Å². The molecule has 0 amide bonds. The van der Waals surface area contributed by atoms with Gasteiger partial charge in [0.15, 0.2) is 5.65 Å². The van der Waals surface area contributed by atoms with E-state index in [1.165, 1.54) is 17.1 Å². The molecule has 2 aromatic carbocycles. The molecule has 5 aromatic rings. The Morgan fingerprint density at radius 1 is 1.06 bits per heavy atom. The summed E-state index contributed by atoms with van der Waals surface area (Å²) in [6, 6.07) is 15.1. The number of aryl methyl sites for hydroxylation is 1. The first-order valence-corrected chi connectivity index (χ1v) is 9.60. The second-order valence-electron chi connectivity index (χ2n) is 6.99. The van der Waals surface area contributed by atoms with Crippen LogP contribution in [-0.2, 0) is 6.54 Å². The van der Waals surface area contributed by atoms with Crippen LogP contribution in [0.2, 0.25) is 0 Å². The van der Waals surface area contributed by atoms with Gasteiger partial charge in [0.1, 0.15) is 24.0 Å². The van der Waals surface area contributed by atoms with Crippen molar-refractivity contribution in [1.82, 2.24) is 29.5 Å². The van der Waals surface area contributed by atoms with Gasteiger partial charge >= 0.3 is 0 Å². The van der Waals surface area contributed by atoms with Crippen LogP contribution >= 0.6 is 0 Å². The quantitative estimate of drug-likeness (QED) is 0.436. The molecule has 0 unspecified atom stereocenters. The van der Waals surface area contributed by atoms with E-state index in [4.69, 9.17) is 9.15 Å². The zero-order chi connectivity index (χ0) is 21.4. The summed E-state index contributed by atoms with van der Waals surface area (Å²) in [6.07, 6.45) is 3.00. The van der Waals surface area contributed by atoms with Crippen LogP contribution in [0.3, 0.4) is 0 Å². The molecule has 154 valence electrons. The number of methoxy groups -OCH3 is 1. The predicted octanol–water partition coefficient (Wildman–Crippen LogP) is 3.00. The highest BCUT2D eigenvalue weighted by molar-refractivity contribution is 5.75. The number of hydrogen-bond acceptors (Lipinski definition) is 7. The Morgan fingerprint density at radius 3 is 2.65 bits per heavy atom. The van der Waals surface area contributed by atoms with Crippen molar-refractivity contribution in [3.63, 3.8) is 0 Å². The first-order valence-electron chi connectivity index (χ1n) is 9.60. The van der Waals surface area contributed by atoms with Gasteiger partial charge in [-0.1, -0.05) is 18.2 Å². The number of fused-ring (bicyclic) bond motifs is 1. The topological polar surface area (TPSA) is 101 Å². The monoisotopic (exact) mass is 414 g/mol. The zero-order valence-electron chi connectivity index (χ0n) is 16.9. The molecule has 3 heterocycles. The van der Waals surface area contributed by atoms with E-state index in [2.05, 4.69) is 20.3 Å². The number of hydrogen-bond donors (Lipinski definition) is 0. The molecule has 31 heavy (non-hydrogen) atoms. The van der Waals surface area contributed by atoms with E-state index >= 15 is 0 Å². The van der Waals surface area contributed by atoms with Crippen molar-refractivity contribution in [2.24, 2.45) is 0 Å². The van der Waals surface area contributed by atoms with Crippen molar-refractivity contribution in [2.75, 3.05) is 7.11 Å². The molecule has 0 spiro atoms. The van der Waals surface area contributed by atoms with Gasteiger partial charge in [0.2, 0.25) is 11.8 Å². The van der Waals surface area contributed by atoms with Gasteiger partial charge in [0.25, 0.3) is 5.56 Å². The fourth-order valence-electron chi connectivity index (χ4n) is 3.35. The summed E-state index contributed by atoms with van der Waals surface area (Å²) >= 11 is 0. The molecule has 9 heteroatoms. The smallest absolute Gasteiger partial charge is 0.264 e. The number of para-hydroxylation sites is 1. The number of aromatic nitrogens is 6. The Kier molecular flexibility index (Phi) is 4.55. The Morgan fingerprint density at radius 2 is 1.87 bits per heavy atom. The van der Waals surface area contributed by atoms with Crippen LogP contribution in [0.1, 0.15) is 11.5 Å². The fourth-order valence-corrected chi connectivity index (χ4v) is 3.35. The third kappa shape index (κ3) is 3.35. The number of ether oxygens (including phenoxy) is 1. The maximum Gasteiger partial charge on any atom is 0.264 e. The lowest BCUT2D eigenvalue weighted by Crippen LogP contribution is -2.21. The molecule has 0 radical (unpaired) electrons. The van der Waals surface area contributed by atoms with Gasteiger partial charge < -0.3 is 9.15 Å². The molecular formula is C22H18N6O3. The zero-order valence-corrected chi connectivity index (χ0v) is 16.9. The van der Waals surface area contributed by atoms with Crippen molar-refractivity contribution < 1.29 is 9.15 Å². The molecule has 0 saturated carbocycles. The van der Waals surface area contributed by atoms with E-state index in [1.54, 1.807) is 11.8 Å². The number of rotatable bonds is 5. The van der Waals surface area contributed by atoms with Crippen LogP contribution < -0.4 is 10.3 Å². The first-order chi connectivity index (χ1) is 15.1. The van der Waals surface area contributed by atoms with Crippen molar-refractivity contribution in [2.45, 2.75) is 13.5 Å². The minimum atomic E-state index is -0.228.